The van der Waals surface area contributed by atoms with E-state index in [0.717, 1.165) is 0 Å². The first kappa shape index (κ1) is 31.5. The number of amides is 2. The Hall–Kier alpha value is -3.07. The number of halogens is 2. The minimum absolute atomic E-state index is 0.0103. The number of methoxy groups -OCH3 is 1. The van der Waals surface area contributed by atoms with Crippen LogP contribution >= 0.6 is 22.6 Å². The fourth-order valence-electron chi connectivity index (χ4n) is 4.29. The summed E-state index contributed by atoms with van der Waals surface area (Å²) in [5.41, 5.74) is 1.21. The Labute approximate surface area is 245 Å². The second-order valence-corrected chi connectivity index (χ2v) is 10.1. The van der Waals surface area contributed by atoms with Crippen molar-refractivity contribution in [2.24, 2.45) is 0 Å². The number of aliphatic hydroxyl groups is 2. The predicted molar refractivity (Wildman–Crippen MR) is 152 cm³/mol. The summed E-state index contributed by atoms with van der Waals surface area (Å²) in [5, 5.41) is 23.3. The molecule has 0 aromatic heterocycles. The summed E-state index contributed by atoms with van der Waals surface area (Å²) < 4.78 is 31.0. The maximum atomic E-state index is 13.6. The van der Waals surface area contributed by atoms with Gasteiger partial charge in [-0.15, -0.1) is 0 Å². The largest absolute Gasteiger partial charge is 0.493 e. The number of hydrogen-bond donors (Lipinski definition) is 3. The summed E-state index contributed by atoms with van der Waals surface area (Å²) >= 11 is 1.98. The standard InChI is InChI=1S/C28H32FIN2O8/c1-3-39-16-25(35)32(14-17-4-6-20(29)7-5-17)22-12-19(28(37)31-8-9-33)13-23(26(22)36)40-27-21(30)10-18(15-34)11-24(27)38-2/h4-7,10-11,13,15,22-23,26,33,36H,3,8-9,12,14,16H2,1-2H3,(H,31,37). The molecule has 40 heavy (non-hydrogen) atoms. The number of carbonyl (C=O) groups excluding carboxylic acids is 3. The van der Waals surface area contributed by atoms with Gasteiger partial charge in [0.1, 0.15) is 30.9 Å². The number of nitrogens with zero attached hydrogens (tertiary/aromatic N) is 1. The lowest BCUT2D eigenvalue weighted by atomic mass is 9.87. The lowest BCUT2D eigenvalue weighted by molar-refractivity contribution is -0.144. The number of hydrogen-bond acceptors (Lipinski definition) is 8. The lowest BCUT2D eigenvalue weighted by Crippen LogP contribution is -2.55. The Kier molecular flexibility index (Phi) is 11.9. The number of carbonyl (C=O) groups is 3. The summed E-state index contributed by atoms with van der Waals surface area (Å²) in [5.74, 6) is -0.865. The van der Waals surface area contributed by atoms with E-state index in [1.165, 1.54) is 48.4 Å². The first-order valence-corrected chi connectivity index (χ1v) is 13.7. The molecule has 216 valence electrons. The molecule has 0 saturated heterocycles. The van der Waals surface area contributed by atoms with Crippen LogP contribution in [0.5, 0.6) is 11.5 Å². The molecule has 3 unspecified atom stereocenters. The van der Waals surface area contributed by atoms with E-state index < -0.39 is 35.9 Å². The van der Waals surface area contributed by atoms with Gasteiger partial charge in [0.25, 0.3) is 0 Å². The molecular formula is C28H32FIN2O8. The van der Waals surface area contributed by atoms with Gasteiger partial charge in [0.15, 0.2) is 11.5 Å². The molecular weight excluding hydrogens is 638 g/mol. The molecule has 3 rings (SSSR count). The number of benzene rings is 2. The van der Waals surface area contributed by atoms with E-state index in [-0.39, 0.29) is 49.8 Å². The summed E-state index contributed by atoms with van der Waals surface area (Å²) in [4.78, 5) is 39.0. The van der Waals surface area contributed by atoms with Crippen molar-refractivity contribution in [3.05, 3.63) is 68.6 Å². The Balaban J connectivity index is 2.03. The maximum absolute atomic E-state index is 13.6. The van der Waals surface area contributed by atoms with Crippen molar-refractivity contribution in [3.8, 4) is 11.5 Å². The van der Waals surface area contributed by atoms with Gasteiger partial charge in [-0.25, -0.2) is 4.39 Å². The van der Waals surface area contributed by atoms with Crippen LogP contribution in [-0.2, 0) is 20.9 Å². The third-order valence-corrected chi connectivity index (χ3v) is 7.07. The zero-order valence-corrected chi connectivity index (χ0v) is 24.3. The highest BCUT2D eigenvalue weighted by Gasteiger charge is 2.41. The van der Waals surface area contributed by atoms with Crippen molar-refractivity contribution in [2.75, 3.05) is 33.5 Å². The third-order valence-electron chi connectivity index (χ3n) is 6.27. The van der Waals surface area contributed by atoms with Crippen molar-refractivity contribution < 1.29 is 43.2 Å². The van der Waals surface area contributed by atoms with Crippen molar-refractivity contribution in [1.82, 2.24) is 10.2 Å². The highest BCUT2D eigenvalue weighted by molar-refractivity contribution is 14.1. The van der Waals surface area contributed by atoms with Gasteiger partial charge in [0, 0.05) is 37.3 Å². The van der Waals surface area contributed by atoms with Gasteiger partial charge < -0.3 is 34.6 Å². The minimum atomic E-state index is -1.30. The van der Waals surface area contributed by atoms with Crippen LogP contribution in [0, 0.1) is 9.39 Å². The minimum Gasteiger partial charge on any atom is -0.493 e. The van der Waals surface area contributed by atoms with Gasteiger partial charge in [0.05, 0.1) is 23.3 Å². The van der Waals surface area contributed by atoms with Crippen molar-refractivity contribution >= 4 is 40.7 Å². The van der Waals surface area contributed by atoms with E-state index in [1.54, 1.807) is 13.0 Å². The van der Waals surface area contributed by atoms with Crippen LogP contribution in [0.4, 0.5) is 4.39 Å². The molecule has 1 aliphatic rings. The highest BCUT2D eigenvalue weighted by Crippen LogP contribution is 2.37. The number of ether oxygens (including phenoxy) is 3. The molecule has 3 atom stereocenters. The second-order valence-electron chi connectivity index (χ2n) is 8.95. The van der Waals surface area contributed by atoms with Crippen molar-refractivity contribution in [3.63, 3.8) is 0 Å². The number of nitrogens with one attached hydrogen (secondary N) is 1. The predicted octanol–water partition coefficient (Wildman–Crippen LogP) is 2.23. The molecule has 0 radical (unpaired) electrons. The first-order chi connectivity index (χ1) is 19.2. The van der Waals surface area contributed by atoms with E-state index in [1.807, 2.05) is 22.6 Å². The molecule has 12 heteroatoms. The summed E-state index contributed by atoms with van der Waals surface area (Å²) in [6, 6.07) is 7.76. The summed E-state index contributed by atoms with van der Waals surface area (Å²) in [6.07, 6.45) is -0.281. The van der Waals surface area contributed by atoms with E-state index in [9.17, 15) is 29.0 Å². The molecule has 0 aliphatic heterocycles. The molecule has 0 spiro atoms. The molecule has 0 bridgehead atoms. The lowest BCUT2D eigenvalue weighted by Gasteiger charge is -2.40. The Morgan fingerprint density at radius 2 is 1.98 bits per heavy atom. The summed E-state index contributed by atoms with van der Waals surface area (Å²) in [6.45, 7) is 1.53. The first-order valence-electron chi connectivity index (χ1n) is 12.6. The van der Waals surface area contributed by atoms with Gasteiger partial charge in [-0.2, -0.15) is 0 Å². The molecule has 3 N–H and O–H groups in total. The van der Waals surface area contributed by atoms with Crippen LogP contribution in [0.1, 0.15) is 29.3 Å². The van der Waals surface area contributed by atoms with Gasteiger partial charge in [0.2, 0.25) is 11.8 Å². The van der Waals surface area contributed by atoms with Crippen LogP contribution in [-0.4, -0.2) is 84.9 Å². The van der Waals surface area contributed by atoms with E-state index in [4.69, 9.17) is 14.2 Å². The third kappa shape index (κ3) is 7.99. The Morgan fingerprint density at radius 1 is 1.25 bits per heavy atom. The monoisotopic (exact) mass is 670 g/mol. The van der Waals surface area contributed by atoms with Gasteiger partial charge >= 0.3 is 0 Å². The van der Waals surface area contributed by atoms with E-state index in [0.29, 0.717) is 27.6 Å². The molecule has 2 aromatic rings. The quantitative estimate of drug-likeness (QED) is 0.218. The highest BCUT2D eigenvalue weighted by atomic mass is 127. The summed E-state index contributed by atoms with van der Waals surface area (Å²) in [7, 11) is 1.41. The molecule has 0 fully saturated rings. The fraction of sp³-hybridized carbons (Fsp3) is 0.393. The van der Waals surface area contributed by atoms with Crippen molar-refractivity contribution in [1.29, 1.82) is 0 Å². The fourth-order valence-corrected chi connectivity index (χ4v) is 5.04. The molecule has 10 nitrogen and oxygen atoms in total. The number of rotatable bonds is 13. The topological polar surface area (TPSA) is 135 Å². The van der Waals surface area contributed by atoms with Crippen LogP contribution in [0.3, 0.4) is 0 Å². The van der Waals surface area contributed by atoms with Crippen LogP contribution in [0.25, 0.3) is 0 Å². The van der Waals surface area contributed by atoms with Crippen LogP contribution in [0.15, 0.2) is 48.0 Å². The zero-order chi connectivity index (χ0) is 29.2. The normalized spacial score (nSPS) is 18.4. The molecule has 0 saturated carbocycles. The number of aldehydes is 1. The van der Waals surface area contributed by atoms with Crippen molar-refractivity contribution in [2.45, 2.75) is 38.1 Å². The van der Waals surface area contributed by atoms with E-state index in [2.05, 4.69) is 5.32 Å². The van der Waals surface area contributed by atoms with Crippen LogP contribution < -0.4 is 14.8 Å². The Morgan fingerprint density at radius 3 is 2.60 bits per heavy atom. The smallest absolute Gasteiger partial charge is 0.249 e. The van der Waals surface area contributed by atoms with Gasteiger partial charge in [-0.1, -0.05) is 12.1 Å². The Bertz CT molecular complexity index is 1220. The molecule has 1 aliphatic carbocycles. The van der Waals surface area contributed by atoms with Gasteiger partial charge in [-0.05, 0) is 65.4 Å². The second kappa shape index (κ2) is 15.1. The molecule has 0 heterocycles. The molecule has 2 aromatic carbocycles. The average Bonchev–Trinajstić information content (AvgIpc) is 2.96. The van der Waals surface area contributed by atoms with E-state index >= 15 is 0 Å². The SMILES string of the molecule is CCOCC(=O)N(Cc1ccc(F)cc1)C1CC(C(=O)NCCO)=CC(Oc2c(I)cc(C=O)cc2OC)C1O. The molecule has 2 amide bonds. The number of aliphatic hydroxyl groups excluding tert-OH is 2. The van der Waals surface area contributed by atoms with Crippen LogP contribution in [0.2, 0.25) is 0 Å². The van der Waals surface area contributed by atoms with Gasteiger partial charge in [-0.3, -0.25) is 14.4 Å². The average molecular weight is 670 g/mol. The maximum Gasteiger partial charge on any atom is 0.249 e. The zero-order valence-electron chi connectivity index (χ0n) is 22.1.